The third-order valence-electron chi connectivity index (χ3n) is 2.87. The van der Waals surface area contributed by atoms with E-state index in [9.17, 15) is 4.79 Å². The van der Waals surface area contributed by atoms with E-state index in [0.717, 1.165) is 23.4 Å². The van der Waals surface area contributed by atoms with Crippen molar-refractivity contribution in [2.45, 2.75) is 26.9 Å². The summed E-state index contributed by atoms with van der Waals surface area (Å²) in [6.07, 6.45) is 2.36. The van der Waals surface area contributed by atoms with Crippen molar-refractivity contribution in [2.75, 3.05) is 11.8 Å². The number of nitrogens with one attached hydrogen (secondary N) is 1. The smallest absolute Gasteiger partial charge is 0.421 e. The molecule has 1 aromatic heterocycles. The summed E-state index contributed by atoms with van der Waals surface area (Å²) in [5.41, 5.74) is 1.70. The molecular weight excluding hydrogens is 364 g/mol. The van der Waals surface area contributed by atoms with Gasteiger partial charge in [0.2, 0.25) is 0 Å². The molecule has 0 unspecified atom stereocenters. The maximum Gasteiger partial charge on any atom is 0.421 e. The van der Waals surface area contributed by atoms with Gasteiger partial charge in [-0.25, -0.2) is 19.1 Å². The highest BCUT2D eigenvalue weighted by Gasteiger charge is 2.13. The Hall–Kier alpha value is -2.19. The summed E-state index contributed by atoms with van der Waals surface area (Å²) >= 11 is 6.88. The second kappa shape index (κ2) is 8.77. The van der Waals surface area contributed by atoms with E-state index < -0.39 is 6.09 Å². The molecule has 1 N–H and O–H groups in total. The van der Waals surface area contributed by atoms with Gasteiger partial charge in [-0.05, 0) is 44.5 Å². The first kappa shape index (κ1) is 19.1. The van der Waals surface area contributed by atoms with Crippen molar-refractivity contribution in [3.05, 3.63) is 41.2 Å². The minimum Gasteiger partial charge on any atom is -0.446 e. The molecule has 2 rings (SSSR count). The van der Waals surface area contributed by atoms with Gasteiger partial charge in [0, 0.05) is 12.7 Å². The predicted octanol–water partition coefficient (Wildman–Crippen LogP) is 4.68. The van der Waals surface area contributed by atoms with Crippen LogP contribution < -0.4 is 9.46 Å². The fourth-order valence-electron chi connectivity index (χ4n) is 1.71. The van der Waals surface area contributed by atoms with Crippen molar-refractivity contribution in [3.8, 4) is 11.8 Å². The van der Waals surface area contributed by atoms with Crippen molar-refractivity contribution in [3.63, 3.8) is 0 Å². The van der Waals surface area contributed by atoms with Crippen molar-refractivity contribution in [1.29, 1.82) is 0 Å². The largest absolute Gasteiger partial charge is 0.446 e. The van der Waals surface area contributed by atoms with Crippen LogP contribution >= 0.6 is 23.7 Å². The minimum atomic E-state index is -0.413. The summed E-state index contributed by atoms with van der Waals surface area (Å²) in [5.74, 6) is 0.630. The van der Waals surface area contributed by atoms with Crippen LogP contribution in [0.4, 0.5) is 10.5 Å². The first-order valence-corrected chi connectivity index (χ1v) is 8.63. The van der Waals surface area contributed by atoms with E-state index in [1.807, 2.05) is 19.1 Å². The highest BCUT2D eigenvalue weighted by atomic mass is 35.5. The molecule has 0 saturated carbocycles. The van der Waals surface area contributed by atoms with Crippen molar-refractivity contribution in [2.24, 2.45) is 0 Å². The Morgan fingerprint density at radius 3 is 2.60 bits per heavy atom. The average molecular weight is 383 g/mol. The molecule has 0 aliphatic carbocycles. The lowest BCUT2D eigenvalue weighted by molar-refractivity contribution is 0.103. The van der Waals surface area contributed by atoms with Gasteiger partial charge < -0.3 is 14.2 Å². The van der Waals surface area contributed by atoms with Crippen molar-refractivity contribution in [1.82, 2.24) is 14.3 Å². The van der Waals surface area contributed by atoms with Crippen LogP contribution in [0, 0.1) is 6.92 Å². The lowest BCUT2D eigenvalue weighted by Crippen LogP contribution is -2.25. The Labute approximate surface area is 156 Å². The number of hydrogen-bond acceptors (Lipinski definition) is 7. The van der Waals surface area contributed by atoms with Crippen LogP contribution in [0.25, 0.3) is 0 Å². The van der Waals surface area contributed by atoms with E-state index in [0.29, 0.717) is 10.8 Å². The van der Waals surface area contributed by atoms with Crippen LogP contribution in [0.5, 0.6) is 11.8 Å². The molecule has 0 aliphatic rings. The Bertz CT molecular complexity index is 728. The molecule has 1 amide bonds. The first-order chi connectivity index (χ1) is 11.8. The molecule has 7 nitrogen and oxygen atoms in total. The molecule has 0 saturated heterocycles. The summed E-state index contributed by atoms with van der Waals surface area (Å²) in [7, 11) is 1.63. The number of hydrogen-bond donors (Lipinski definition) is 1. The minimum absolute atomic E-state index is 0.163. The molecule has 9 heteroatoms. The molecule has 2 aromatic rings. The highest BCUT2D eigenvalue weighted by Crippen LogP contribution is 2.27. The normalized spacial score (nSPS) is 10.5. The number of nitrogens with zero attached hydrogens (tertiary/aromatic N) is 3. The average Bonchev–Trinajstić information content (AvgIpc) is 2.56. The maximum absolute atomic E-state index is 11.7. The molecule has 0 fully saturated rings. The fraction of sp³-hybridized carbons (Fsp3) is 0.312. The van der Waals surface area contributed by atoms with E-state index in [2.05, 4.69) is 14.7 Å². The van der Waals surface area contributed by atoms with Crippen molar-refractivity contribution >= 4 is 35.5 Å². The summed E-state index contributed by atoms with van der Waals surface area (Å²) in [5, 5.41) is 0.445. The van der Waals surface area contributed by atoms with Crippen LogP contribution in [0.3, 0.4) is 0 Å². The lowest BCUT2D eigenvalue weighted by atomic mass is 10.2. The summed E-state index contributed by atoms with van der Waals surface area (Å²) in [6.45, 7) is 5.50. The Morgan fingerprint density at radius 1 is 1.32 bits per heavy atom. The molecule has 134 valence electrons. The number of ether oxygens (including phenoxy) is 2. The third-order valence-corrected chi connectivity index (χ3v) is 3.81. The van der Waals surface area contributed by atoms with Gasteiger partial charge in [0.25, 0.3) is 0 Å². The molecule has 25 heavy (non-hydrogen) atoms. The van der Waals surface area contributed by atoms with E-state index >= 15 is 0 Å². The molecule has 0 radical (unpaired) electrons. The number of aryl methyl sites for hydroxylation is 1. The van der Waals surface area contributed by atoms with Gasteiger partial charge in [-0.3, -0.25) is 0 Å². The molecule has 0 atom stereocenters. The third kappa shape index (κ3) is 5.99. The number of rotatable bonds is 6. The number of halogens is 1. The zero-order valence-corrected chi connectivity index (χ0v) is 15.9. The maximum atomic E-state index is 11.7. The topological polar surface area (TPSA) is 76.6 Å². The Kier molecular flexibility index (Phi) is 6.72. The van der Waals surface area contributed by atoms with Crippen molar-refractivity contribution < 1.29 is 14.3 Å². The van der Waals surface area contributed by atoms with Gasteiger partial charge in [-0.1, -0.05) is 11.6 Å². The van der Waals surface area contributed by atoms with E-state index in [1.54, 1.807) is 27.0 Å². The van der Waals surface area contributed by atoms with Crippen LogP contribution in [-0.4, -0.2) is 33.5 Å². The van der Waals surface area contributed by atoms with Gasteiger partial charge in [-0.2, -0.15) is 0 Å². The Balaban J connectivity index is 1.94. The SMILES string of the molecule is Cc1cc(NSN(C)C(=O)OC(C)C)ccc1Oc1ncc(Cl)cn1. The zero-order chi connectivity index (χ0) is 18.4. The van der Waals surface area contributed by atoms with E-state index in [1.165, 1.54) is 16.7 Å². The van der Waals surface area contributed by atoms with Gasteiger partial charge in [-0.15, -0.1) is 0 Å². The molecule has 0 aliphatic heterocycles. The van der Waals surface area contributed by atoms with Gasteiger partial charge in [0.1, 0.15) is 5.75 Å². The van der Waals surface area contributed by atoms with Gasteiger partial charge in [0.15, 0.2) is 0 Å². The summed E-state index contributed by atoms with van der Waals surface area (Å²) < 4.78 is 15.2. The first-order valence-electron chi connectivity index (χ1n) is 7.48. The Morgan fingerprint density at radius 2 is 2.00 bits per heavy atom. The second-order valence-corrected chi connectivity index (χ2v) is 6.76. The number of aromatic nitrogens is 2. The number of carbonyl (C=O) groups is 1. The number of amides is 1. The quantitative estimate of drug-likeness (QED) is 0.726. The van der Waals surface area contributed by atoms with Crippen LogP contribution in [0.2, 0.25) is 5.02 Å². The predicted molar refractivity (Wildman–Crippen MR) is 98.9 cm³/mol. The fourth-order valence-corrected chi connectivity index (χ4v) is 2.30. The van der Waals surface area contributed by atoms with Gasteiger partial charge in [0.05, 0.1) is 35.7 Å². The summed E-state index contributed by atoms with van der Waals surface area (Å²) in [6, 6.07) is 5.73. The van der Waals surface area contributed by atoms with E-state index in [-0.39, 0.29) is 12.1 Å². The molecule has 1 heterocycles. The molecule has 0 bridgehead atoms. The van der Waals surface area contributed by atoms with Crippen LogP contribution in [-0.2, 0) is 4.74 Å². The standard InChI is InChI=1S/C16H19ClN4O3S/c1-10(2)23-16(22)21(4)25-20-13-5-6-14(11(3)7-13)24-15-18-8-12(17)9-19-15/h5-10,20H,1-4H3. The van der Waals surface area contributed by atoms with Crippen LogP contribution in [0.1, 0.15) is 19.4 Å². The summed E-state index contributed by atoms with van der Waals surface area (Å²) in [4.78, 5) is 19.7. The molecule has 0 spiro atoms. The van der Waals surface area contributed by atoms with E-state index in [4.69, 9.17) is 21.1 Å². The second-order valence-electron chi connectivity index (χ2n) is 5.39. The molecular formula is C16H19ClN4O3S. The lowest BCUT2D eigenvalue weighted by Gasteiger charge is -2.18. The van der Waals surface area contributed by atoms with Gasteiger partial charge >= 0.3 is 12.1 Å². The zero-order valence-electron chi connectivity index (χ0n) is 14.3. The number of benzene rings is 1. The number of carbonyl (C=O) groups excluding carboxylic acids is 1. The molecule has 1 aromatic carbocycles. The number of anilines is 1. The van der Waals surface area contributed by atoms with Crippen LogP contribution in [0.15, 0.2) is 30.6 Å². The monoisotopic (exact) mass is 382 g/mol. The highest BCUT2D eigenvalue weighted by molar-refractivity contribution is 7.98.